The third-order valence-corrected chi connectivity index (χ3v) is 5.51. The van der Waals surface area contributed by atoms with E-state index < -0.39 is 22.0 Å². The molecule has 4 N–H and O–H groups in total. The zero-order chi connectivity index (χ0) is 21.1. The zero-order valence-corrected chi connectivity index (χ0v) is 17.2. The first kappa shape index (κ1) is 22.0. The summed E-state index contributed by atoms with van der Waals surface area (Å²) in [4.78, 5) is 11.4. The fourth-order valence-corrected chi connectivity index (χ4v) is 3.39. The number of aromatic nitrogens is 3. The maximum atomic E-state index is 11.4. The maximum Gasteiger partial charge on any atom is 0.320 e. The highest BCUT2D eigenvalue weighted by atomic mass is 32.2. The van der Waals surface area contributed by atoms with Crippen LogP contribution in [-0.4, -0.2) is 47.1 Å². The molecule has 9 nitrogen and oxygen atoms in total. The van der Waals surface area contributed by atoms with Crippen molar-refractivity contribution >= 4 is 16.0 Å². The van der Waals surface area contributed by atoms with Crippen molar-refractivity contribution in [3.63, 3.8) is 0 Å². The summed E-state index contributed by atoms with van der Waals surface area (Å²) >= 11 is 0. The molecule has 1 unspecified atom stereocenters. The van der Waals surface area contributed by atoms with E-state index >= 15 is 0 Å². The number of carboxylic acids is 1. The first-order valence-corrected chi connectivity index (χ1v) is 10.6. The second-order valence-corrected chi connectivity index (χ2v) is 8.99. The fraction of sp³-hybridized carbons (Fsp3) is 0.500. The third-order valence-electron chi connectivity index (χ3n) is 4.58. The predicted molar refractivity (Wildman–Crippen MR) is 105 cm³/mol. The summed E-state index contributed by atoms with van der Waals surface area (Å²) in [5.41, 5.74) is 1.30. The minimum Gasteiger partial charge on any atom is -0.480 e. The predicted octanol–water partition coefficient (Wildman–Crippen LogP) is 1.49. The van der Waals surface area contributed by atoms with Crippen LogP contribution in [0.5, 0.6) is 0 Å². The quantitative estimate of drug-likeness (QED) is 0.570. The highest BCUT2D eigenvalue weighted by molar-refractivity contribution is 7.89. The van der Waals surface area contributed by atoms with Crippen molar-refractivity contribution < 1.29 is 18.3 Å². The highest BCUT2D eigenvalue weighted by Crippen LogP contribution is 2.22. The van der Waals surface area contributed by atoms with Crippen molar-refractivity contribution in [3.05, 3.63) is 30.5 Å². The van der Waals surface area contributed by atoms with Gasteiger partial charge in [-0.15, -0.1) is 5.10 Å². The van der Waals surface area contributed by atoms with Gasteiger partial charge in [-0.1, -0.05) is 45.0 Å². The summed E-state index contributed by atoms with van der Waals surface area (Å²) in [7, 11) is -3.75. The van der Waals surface area contributed by atoms with Crippen molar-refractivity contribution in [2.45, 2.75) is 44.7 Å². The molecule has 0 bridgehead atoms. The molecule has 2 atom stereocenters. The second kappa shape index (κ2) is 8.80. The van der Waals surface area contributed by atoms with Crippen LogP contribution in [0.1, 0.15) is 33.7 Å². The average Bonchev–Trinajstić information content (AvgIpc) is 3.06. The lowest BCUT2D eigenvalue weighted by molar-refractivity contribution is -0.140. The molecule has 1 heterocycles. The number of carboxylic acid groups (broad SMARTS) is 1. The van der Waals surface area contributed by atoms with Gasteiger partial charge in [0.05, 0.1) is 17.1 Å². The molecular weight excluding hydrogens is 382 g/mol. The molecule has 0 amide bonds. The summed E-state index contributed by atoms with van der Waals surface area (Å²) in [5.74, 6) is -0.742. The molecule has 0 fully saturated rings. The lowest BCUT2D eigenvalue weighted by Gasteiger charge is -2.25. The molecule has 0 saturated carbocycles. The van der Waals surface area contributed by atoms with Crippen LogP contribution >= 0.6 is 0 Å². The van der Waals surface area contributed by atoms with E-state index in [-0.39, 0.29) is 22.8 Å². The maximum absolute atomic E-state index is 11.4. The topological polar surface area (TPSA) is 140 Å². The van der Waals surface area contributed by atoms with E-state index in [2.05, 4.69) is 15.6 Å². The summed E-state index contributed by atoms with van der Waals surface area (Å²) in [6.07, 6.45) is 1.77. The second-order valence-electron chi connectivity index (χ2n) is 7.43. The fourth-order valence-electron chi connectivity index (χ4n) is 2.88. The Morgan fingerprint density at radius 1 is 1.18 bits per heavy atom. The van der Waals surface area contributed by atoms with Crippen LogP contribution in [0.15, 0.2) is 35.4 Å². The minimum absolute atomic E-state index is 0.0290. The summed E-state index contributed by atoms with van der Waals surface area (Å²) in [6, 6.07) is 5.35. The van der Waals surface area contributed by atoms with Crippen molar-refractivity contribution in [2.24, 2.45) is 17.0 Å². The van der Waals surface area contributed by atoms with Gasteiger partial charge >= 0.3 is 5.97 Å². The molecule has 28 heavy (non-hydrogen) atoms. The Morgan fingerprint density at radius 2 is 1.79 bits per heavy atom. The van der Waals surface area contributed by atoms with E-state index in [0.29, 0.717) is 17.8 Å². The molecule has 2 aromatic rings. The van der Waals surface area contributed by atoms with Gasteiger partial charge in [0.1, 0.15) is 11.7 Å². The van der Waals surface area contributed by atoms with Crippen LogP contribution < -0.4 is 10.5 Å². The van der Waals surface area contributed by atoms with Crippen LogP contribution in [0, 0.1) is 11.8 Å². The largest absolute Gasteiger partial charge is 0.480 e. The molecule has 1 aromatic heterocycles. The summed E-state index contributed by atoms with van der Waals surface area (Å²) in [6.45, 7) is 8.20. The minimum atomic E-state index is -3.75. The Morgan fingerprint density at radius 3 is 2.25 bits per heavy atom. The standard InChI is InChI=1S/C18H27N5O4S/c1-11(2)16(9-20-17(12(3)4)18(24)25)23-10-15(21-22-23)13-5-7-14(8-6-13)28(19,26)27/h5-8,10-12,16-17,20H,9H2,1-4H3,(H,24,25)(H2,19,26,27)/t16-,17?/m0/s1. The van der Waals surface area contributed by atoms with Gasteiger partial charge in [-0.2, -0.15) is 0 Å². The Bertz CT molecular complexity index is 906. The molecule has 154 valence electrons. The SMILES string of the molecule is CC(C)C(NC[C@@H](C(C)C)n1cc(-c2ccc(S(N)(=O)=O)cc2)nn1)C(=O)O. The summed E-state index contributed by atoms with van der Waals surface area (Å²) in [5, 5.41) is 25.9. The van der Waals surface area contributed by atoms with Crippen LogP contribution in [0.3, 0.4) is 0 Å². The molecule has 10 heteroatoms. The van der Waals surface area contributed by atoms with Crippen molar-refractivity contribution in [1.29, 1.82) is 0 Å². The lowest BCUT2D eigenvalue weighted by Crippen LogP contribution is -2.44. The lowest BCUT2D eigenvalue weighted by atomic mass is 10.0. The van der Waals surface area contributed by atoms with Crippen LogP contribution in [0.25, 0.3) is 11.3 Å². The van der Waals surface area contributed by atoms with E-state index in [1.54, 1.807) is 23.0 Å². The molecule has 2 rings (SSSR count). The van der Waals surface area contributed by atoms with Gasteiger partial charge in [0, 0.05) is 12.1 Å². The van der Waals surface area contributed by atoms with E-state index in [1.807, 2.05) is 27.7 Å². The van der Waals surface area contributed by atoms with E-state index in [1.165, 1.54) is 12.1 Å². The number of nitrogens with two attached hydrogens (primary N) is 1. The number of carbonyl (C=O) groups is 1. The molecule has 0 saturated heterocycles. The zero-order valence-electron chi connectivity index (χ0n) is 16.4. The first-order valence-electron chi connectivity index (χ1n) is 9.02. The third kappa shape index (κ3) is 5.37. The number of aliphatic carboxylic acids is 1. The van der Waals surface area contributed by atoms with Crippen molar-refractivity contribution in [1.82, 2.24) is 20.3 Å². The van der Waals surface area contributed by atoms with Crippen LogP contribution in [0.2, 0.25) is 0 Å². The molecule has 0 aliphatic heterocycles. The molecule has 0 aliphatic carbocycles. The van der Waals surface area contributed by atoms with Gasteiger partial charge in [-0.05, 0) is 24.0 Å². The molecular formula is C18H27N5O4S. The van der Waals surface area contributed by atoms with E-state index in [9.17, 15) is 18.3 Å². The number of benzene rings is 1. The number of hydrogen-bond donors (Lipinski definition) is 3. The highest BCUT2D eigenvalue weighted by Gasteiger charge is 2.24. The van der Waals surface area contributed by atoms with Gasteiger partial charge in [-0.25, -0.2) is 18.2 Å². The number of nitrogens with zero attached hydrogens (tertiary/aromatic N) is 3. The summed E-state index contributed by atoms with van der Waals surface area (Å²) < 4.78 is 24.4. The number of nitrogens with one attached hydrogen (secondary N) is 1. The Balaban J connectivity index is 2.20. The monoisotopic (exact) mass is 409 g/mol. The Kier molecular flexibility index (Phi) is 6.91. The Labute approximate surface area is 165 Å². The normalized spacial score (nSPS) is 14.4. The van der Waals surface area contributed by atoms with Gasteiger partial charge in [0.2, 0.25) is 10.0 Å². The first-order chi connectivity index (χ1) is 13.0. The van der Waals surface area contributed by atoms with Crippen LogP contribution in [-0.2, 0) is 14.8 Å². The molecule has 0 aliphatic rings. The van der Waals surface area contributed by atoms with E-state index in [4.69, 9.17) is 5.14 Å². The number of hydrogen-bond acceptors (Lipinski definition) is 6. The molecule has 0 radical (unpaired) electrons. The number of sulfonamides is 1. The average molecular weight is 410 g/mol. The van der Waals surface area contributed by atoms with E-state index in [0.717, 1.165) is 0 Å². The van der Waals surface area contributed by atoms with Gasteiger partial charge in [-0.3, -0.25) is 4.79 Å². The van der Waals surface area contributed by atoms with Crippen molar-refractivity contribution in [3.8, 4) is 11.3 Å². The van der Waals surface area contributed by atoms with Gasteiger partial charge < -0.3 is 10.4 Å². The molecule has 0 spiro atoms. The number of primary sulfonamides is 1. The van der Waals surface area contributed by atoms with Crippen molar-refractivity contribution in [2.75, 3.05) is 6.54 Å². The van der Waals surface area contributed by atoms with Gasteiger partial charge in [0.25, 0.3) is 0 Å². The van der Waals surface area contributed by atoms with Gasteiger partial charge in [0.15, 0.2) is 0 Å². The molecule has 1 aromatic carbocycles. The Hall–Kier alpha value is -2.30. The van der Waals surface area contributed by atoms with Crippen LogP contribution in [0.4, 0.5) is 0 Å². The number of rotatable bonds is 9. The smallest absolute Gasteiger partial charge is 0.320 e.